The Balaban J connectivity index is 4.20. The summed E-state index contributed by atoms with van der Waals surface area (Å²) in [7, 11) is 1.27. The first-order valence-corrected chi connectivity index (χ1v) is 30.7. The van der Waals surface area contributed by atoms with E-state index < -0.39 is 20.0 Å². The molecule has 9 heteroatoms. The zero-order chi connectivity index (χ0) is 49.2. The molecule has 0 aromatic rings. The van der Waals surface area contributed by atoms with Crippen LogP contribution in [0.3, 0.4) is 0 Å². The van der Waals surface area contributed by atoms with Gasteiger partial charge in [-0.25, -0.2) is 0 Å². The van der Waals surface area contributed by atoms with E-state index in [2.05, 4.69) is 31.3 Å². The number of quaternary nitrogens is 1. The number of phosphoric ester groups is 1. The summed E-state index contributed by atoms with van der Waals surface area (Å²) < 4.78 is 23.4. The second-order valence-corrected chi connectivity index (χ2v) is 22.8. The highest BCUT2D eigenvalue weighted by Gasteiger charge is 2.23. The minimum atomic E-state index is -4.59. The van der Waals surface area contributed by atoms with E-state index in [0.29, 0.717) is 17.4 Å². The molecule has 0 aromatic carbocycles. The summed E-state index contributed by atoms with van der Waals surface area (Å²) in [5.41, 5.74) is 0. The van der Waals surface area contributed by atoms with Gasteiger partial charge < -0.3 is 28.8 Å². The number of nitrogens with zero attached hydrogens (tertiary/aromatic N) is 1. The van der Waals surface area contributed by atoms with E-state index in [9.17, 15) is 19.4 Å². The zero-order valence-electron chi connectivity index (χ0n) is 45.4. The molecule has 0 aliphatic carbocycles. The van der Waals surface area contributed by atoms with Crippen LogP contribution < -0.4 is 10.2 Å². The van der Waals surface area contributed by atoms with Crippen LogP contribution in [0.4, 0.5) is 0 Å². The third kappa shape index (κ3) is 52.6. The molecule has 1 amide bonds. The van der Waals surface area contributed by atoms with Crippen molar-refractivity contribution in [2.75, 3.05) is 40.9 Å². The summed E-state index contributed by atoms with van der Waals surface area (Å²) >= 11 is 0. The number of aliphatic hydroxyl groups is 1. The molecule has 398 valence electrons. The fourth-order valence-corrected chi connectivity index (χ4v) is 9.52. The molecule has 0 aliphatic rings. The van der Waals surface area contributed by atoms with Crippen molar-refractivity contribution < 1.29 is 32.9 Å². The van der Waals surface area contributed by atoms with E-state index in [-0.39, 0.29) is 19.1 Å². The van der Waals surface area contributed by atoms with Gasteiger partial charge in [-0.15, -0.1) is 0 Å². The van der Waals surface area contributed by atoms with Crippen molar-refractivity contribution in [3.8, 4) is 0 Å². The number of phosphoric acid groups is 1. The molecule has 0 aliphatic heterocycles. The van der Waals surface area contributed by atoms with E-state index in [0.717, 1.165) is 38.5 Å². The number of carbonyl (C=O) groups is 1. The molecular weight excluding hydrogens is 852 g/mol. The molecule has 0 aromatic heterocycles. The van der Waals surface area contributed by atoms with E-state index in [1.807, 2.05) is 27.2 Å². The number of unbranched alkanes of at least 4 members (excludes halogenated alkanes) is 39. The Morgan fingerprint density at radius 1 is 0.507 bits per heavy atom. The summed E-state index contributed by atoms with van der Waals surface area (Å²) in [6.07, 6.45) is 62.5. The summed E-state index contributed by atoms with van der Waals surface area (Å²) in [6.45, 7) is 4.69. The van der Waals surface area contributed by atoms with Crippen molar-refractivity contribution in [3.63, 3.8) is 0 Å². The third-order valence-electron chi connectivity index (χ3n) is 13.4. The highest BCUT2D eigenvalue weighted by molar-refractivity contribution is 7.45. The quantitative estimate of drug-likeness (QED) is 0.0272. The normalized spacial score (nSPS) is 14.1. The lowest BCUT2D eigenvalue weighted by atomic mass is 10.0. The Morgan fingerprint density at radius 3 is 1.16 bits per heavy atom. The molecule has 0 saturated heterocycles. The van der Waals surface area contributed by atoms with Crippen molar-refractivity contribution in [2.24, 2.45) is 0 Å². The van der Waals surface area contributed by atoms with E-state index in [1.54, 1.807) is 6.08 Å². The van der Waals surface area contributed by atoms with Crippen molar-refractivity contribution >= 4 is 13.7 Å². The van der Waals surface area contributed by atoms with Crippen molar-refractivity contribution in [1.29, 1.82) is 0 Å². The monoisotopic (exact) mass is 967 g/mol. The zero-order valence-corrected chi connectivity index (χ0v) is 46.3. The van der Waals surface area contributed by atoms with E-state index in [4.69, 9.17) is 9.05 Å². The van der Waals surface area contributed by atoms with Crippen LogP contribution in [-0.4, -0.2) is 68.5 Å². The van der Waals surface area contributed by atoms with Gasteiger partial charge in [-0.3, -0.25) is 9.36 Å². The van der Waals surface area contributed by atoms with E-state index in [1.165, 1.54) is 231 Å². The Kier molecular flexibility index (Phi) is 49.2. The maximum Gasteiger partial charge on any atom is 0.268 e. The first-order chi connectivity index (χ1) is 32.5. The fourth-order valence-electron chi connectivity index (χ4n) is 8.80. The van der Waals surface area contributed by atoms with Crippen LogP contribution >= 0.6 is 7.82 Å². The third-order valence-corrected chi connectivity index (χ3v) is 14.4. The number of allylic oxidation sites excluding steroid dienone is 3. The predicted octanol–water partition coefficient (Wildman–Crippen LogP) is 17.0. The highest BCUT2D eigenvalue weighted by atomic mass is 31.2. The predicted molar refractivity (Wildman–Crippen MR) is 289 cm³/mol. The first-order valence-electron chi connectivity index (χ1n) is 29.2. The summed E-state index contributed by atoms with van der Waals surface area (Å²) in [5, 5.41) is 13.9. The molecule has 0 heterocycles. The minimum Gasteiger partial charge on any atom is -0.756 e. The molecule has 0 saturated carbocycles. The van der Waals surface area contributed by atoms with Crippen LogP contribution in [0.15, 0.2) is 24.3 Å². The van der Waals surface area contributed by atoms with Crippen LogP contribution in [0, 0.1) is 0 Å². The molecule has 3 unspecified atom stereocenters. The van der Waals surface area contributed by atoms with Gasteiger partial charge in [0, 0.05) is 6.42 Å². The average Bonchev–Trinajstić information content (AvgIpc) is 3.29. The lowest BCUT2D eigenvalue weighted by Gasteiger charge is -2.29. The Labute approximate surface area is 417 Å². The number of nitrogens with one attached hydrogen (secondary N) is 1. The molecule has 2 N–H and O–H groups in total. The fraction of sp³-hybridized carbons (Fsp3) is 0.914. The van der Waals surface area contributed by atoms with E-state index >= 15 is 0 Å². The molecule has 67 heavy (non-hydrogen) atoms. The smallest absolute Gasteiger partial charge is 0.268 e. The maximum atomic E-state index is 13.0. The molecule has 8 nitrogen and oxygen atoms in total. The number of hydrogen-bond donors (Lipinski definition) is 2. The Morgan fingerprint density at radius 2 is 0.821 bits per heavy atom. The van der Waals surface area contributed by atoms with Gasteiger partial charge >= 0.3 is 0 Å². The lowest BCUT2D eigenvalue weighted by Crippen LogP contribution is -2.45. The number of hydrogen-bond acceptors (Lipinski definition) is 6. The second-order valence-electron chi connectivity index (χ2n) is 21.4. The molecule has 0 rings (SSSR count). The first kappa shape index (κ1) is 66.0. The largest absolute Gasteiger partial charge is 0.756 e. The van der Waals surface area contributed by atoms with Crippen molar-refractivity contribution in [2.45, 2.75) is 302 Å². The van der Waals surface area contributed by atoms with Gasteiger partial charge in [0.25, 0.3) is 7.82 Å². The highest BCUT2D eigenvalue weighted by Crippen LogP contribution is 2.38. The van der Waals surface area contributed by atoms with Crippen molar-refractivity contribution in [1.82, 2.24) is 5.32 Å². The number of carbonyl (C=O) groups excluding carboxylic acids is 1. The molecular formula is C58H115N2O6P. The van der Waals surface area contributed by atoms with Gasteiger partial charge in [-0.2, -0.15) is 0 Å². The topological polar surface area (TPSA) is 108 Å². The molecule has 0 fully saturated rings. The average molecular weight is 968 g/mol. The van der Waals surface area contributed by atoms with Gasteiger partial charge in [0.15, 0.2) is 0 Å². The SMILES string of the molecule is CCCCCCCCCC/C=C\CCCCCCCCCCCCCC(=O)NC(COP(=O)([O-])OCC[N+](C)(C)C)C(O)/C=C/CCCCCCCCCCCCCCCCCCCCCC. The summed E-state index contributed by atoms with van der Waals surface area (Å²) in [4.78, 5) is 25.5. The summed E-state index contributed by atoms with van der Waals surface area (Å²) in [5.74, 6) is -0.194. The standard InChI is InChI=1S/C58H115N2O6P/c1-6-8-10-12-14-16-18-20-22-24-26-28-30-32-34-36-38-40-42-44-46-48-50-52-58(62)59-56(55-66-67(63,64)65-54-53-60(3,4)5)57(61)51-49-47-45-43-41-39-37-35-33-31-29-27-25-23-21-19-17-15-13-11-9-7-2/h24,26,49,51,56-57,61H,6-23,25,27-48,50,52-55H2,1-5H3,(H-,59,62,63,64)/b26-24-,51-49+. The number of rotatable bonds is 54. The van der Waals surface area contributed by atoms with Gasteiger partial charge in [0.1, 0.15) is 13.2 Å². The maximum absolute atomic E-state index is 13.0. The van der Waals surface area contributed by atoms with Gasteiger partial charge in [0.2, 0.25) is 5.91 Å². The van der Waals surface area contributed by atoms with Crippen molar-refractivity contribution in [3.05, 3.63) is 24.3 Å². The van der Waals surface area contributed by atoms with Crippen LogP contribution in [0.5, 0.6) is 0 Å². The number of aliphatic hydroxyl groups excluding tert-OH is 1. The van der Waals surface area contributed by atoms with Crippen LogP contribution in [-0.2, 0) is 18.4 Å². The second kappa shape index (κ2) is 49.9. The van der Waals surface area contributed by atoms with Crippen LogP contribution in [0.1, 0.15) is 290 Å². The van der Waals surface area contributed by atoms with Crippen LogP contribution in [0.25, 0.3) is 0 Å². The summed E-state index contributed by atoms with van der Waals surface area (Å²) in [6, 6.07) is -0.885. The van der Waals surface area contributed by atoms with Crippen LogP contribution in [0.2, 0.25) is 0 Å². The van der Waals surface area contributed by atoms with Gasteiger partial charge in [-0.1, -0.05) is 263 Å². The molecule has 3 atom stereocenters. The van der Waals surface area contributed by atoms with Gasteiger partial charge in [0.05, 0.1) is 39.9 Å². The molecule has 0 radical (unpaired) electrons. The van der Waals surface area contributed by atoms with Gasteiger partial charge in [-0.05, 0) is 44.9 Å². The minimum absolute atomic E-state index is 0.000772. The molecule has 0 bridgehead atoms. The Hall–Kier alpha value is -1.02. The molecule has 0 spiro atoms. The lowest BCUT2D eigenvalue weighted by molar-refractivity contribution is -0.870. The number of likely N-dealkylation sites (N-methyl/N-ethyl adjacent to an activating group) is 1. The number of amides is 1. The Bertz CT molecular complexity index is 1140.